The number of ether oxygens (including phenoxy) is 1. The van der Waals surface area contributed by atoms with E-state index in [1.807, 2.05) is 44.2 Å². The molecule has 1 heterocycles. The maximum atomic E-state index is 13.1. The molecule has 1 saturated heterocycles. The summed E-state index contributed by atoms with van der Waals surface area (Å²) in [6.45, 7) is 5.01. The molecule has 2 unspecified atom stereocenters. The van der Waals surface area contributed by atoms with Gasteiger partial charge in [0.2, 0.25) is 5.91 Å². The van der Waals surface area contributed by atoms with E-state index in [0.29, 0.717) is 19.5 Å². The first-order valence-electron chi connectivity index (χ1n) is 11.7. The number of aliphatic hydroxyl groups is 3. The topological polar surface area (TPSA) is 119 Å². The molecule has 1 aliphatic rings. The van der Waals surface area contributed by atoms with Crippen molar-refractivity contribution in [3.05, 3.63) is 48.0 Å². The van der Waals surface area contributed by atoms with Crippen LogP contribution in [0.15, 0.2) is 42.5 Å². The van der Waals surface area contributed by atoms with Gasteiger partial charge in [-0.2, -0.15) is 0 Å². The molecule has 8 heteroatoms. The Morgan fingerprint density at radius 2 is 1.88 bits per heavy atom. The first kappa shape index (κ1) is 27.0. The highest BCUT2D eigenvalue weighted by molar-refractivity contribution is 5.89. The van der Waals surface area contributed by atoms with E-state index in [9.17, 15) is 24.9 Å². The summed E-state index contributed by atoms with van der Waals surface area (Å²) in [5.41, 5.74) is 1.01. The SMILES string of the molecule is CCC(C)C=C[C@@H](O)[C@H](O)[C@@H](O)[C@@H](OC)C(=O)NC1CCCCN(Cc2ccccc2)C1=O. The lowest BCUT2D eigenvalue weighted by atomic mass is 9.99. The van der Waals surface area contributed by atoms with Crippen LogP contribution in [0.2, 0.25) is 0 Å². The third-order valence-electron chi connectivity index (χ3n) is 6.12. The van der Waals surface area contributed by atoms with Gasteiger partial charge < -0.3 is 30.3 Å². The second-order valence-corrected chi connectivity index (χ2v) is 8.70. The molecule has 2 amide bonds. The van der Waals surface area contributed by atoms with Crippen LogP contribution in [0.1, 0.15) is 45.1 Å². The van der Waals surface area contributed by atoms with E-state index >= 15 is 0 Å². The molecular formula is C25H38N2O6. The molecule has 1 aromatic carbocycles. The average molecular weight is 463 g/mol. The van der Waals surface area contributed by atoms with Crippen molar-refractivity contribution in [1.82, 2.24) is 10.2 Å². The summed E-state index contributed by atoms with van der Waals surface area (Å²) in [7, 11) is 1.23. The fraction of sp³-hybridized carbons (Fsp3) is 0.600. The largest absolute Gasteiger partial charge is 0.387 e. The molecule has 0 aliphatic carbocycles. The maximum Gasteiger partial charge on any atom is 0.252 e. The molecule has 0 spiro atoms. The van der Waals surface area contributed by atoms with Gasteiger partial charge in [0.25, 0.3) is 5.91 Å². The van der Waals surface area contributed by atoms with Crippen LogP contribution < -0.4 is 5.32 Å². The van der Waals surface area contributed by atoms with Crippen molar-refractivity contribution in [1.29, 1.82) is 0 Å². The van der Waals surface area contributed by atoms with Gasteiger partial charge in [-0.15, -0.1) is 0 Å². The molecule has 6 atom stereocenters. The van der Waals surface area contributed by atoms with Crippen molar-refractivity contribution < 1.29 is 29.6 Å². The van der Waals surface area contributed by atoms with Gasteiger partial charge in [0, 0.05) is 20.2 Å². The van der Waals surface area contributed by atoms with Gasteiger partial charge in [0.15, 0.2) is 6.10 Å². The number of rotatable bonds is 11. The number of benzene rings is 1. The summed E-state index contributed by atoms with van der Waals surface area (Å²) in [6, 6.07) is 8.90. The molecule has 0 bridgehead atoms. The average Bonchev–Trinajstić information content (AvgIpc) is 2.99. The number of hydrogen-bond donors (Lipinski definition) is 4. The summed E-state index contributed by atoms with van der Waals surface area (Å²) in [6.07, 6.45) is -0.0124. The Hall–Kier alpha value is -2.26. The highest BCUT2D eigenvalue weighted by Gasteiger charge is 2.37. The summed E-state index contributed by atoms with van der Waals surface area (Å²) in [5, 5.41) is 33.7. The van der Waals surface area contributed by atoms with E-state index in [1.54, 1.807) is 11.0 Å². The second-order valence-electron chi connectivity index (χ2n) is 8.70. The van der Waals surface area contributed by atoms with E-state index in [0.717, 1.165) is 24.8 Å². The molecule has 184 valence electrons. The number of aliphatic hydroxyl groups excluding tert-OH is 3. The van der Waals surface area contributed by atoms with Crippen molar-refractivity contribution in [2.45, 2.75) is 76.5 Å². The lowest BCUT2D eigenvalue weighted by Crippen LogP contribution is -2.55. The van der Waals surface area contributed by atoms with Crippen molar-refractivity contribution in [2.75, 3.05) is 13.7 Å². The van der Waals surface area contributed by atoms with E-state index in [1.165, 1.54) is 13.2 Å². The Morgan fingerprint density at radius 1 is 1.18 bits per heavy atom. The van der Waals surface area contributed by atoms with Gasteiger partial charge in [-0.3, -0.25) is 9.59 Å². The van der Waals surface area contributed by atoms with Crippen LogP contribution in [0.5, 0.6) is 0 Å². The molecule has 8 nitrogen and oxygen atoms in total. The molecular weight excluding hydrogens is 424 g/mol. The van der Waals surface area contributed by atoms with Crippen LogP contribution in [0.4, 0.5) is 0 Å². The highest BCUT2D eigenvalue weighted by atomic mass is 16.5. The Morgan fingerprint density at radius 3 is 2.52 bits per heavy atom. The van der Waals surface area contributed by atoms with Crippen molar-refractivity contribution >= 4 is 11.8 Å². The van der Waals surface area contributed by atoms with Gasteiger partial charge in [-0.05, 0) is 30.7 Å². The summed E-state index contributed by atoms with van der Waals surface area (Å²) in [4.78, 5) is 27.7. The molecule has 4 N–H and O–H groups in total. The van der Waals surface area contributed by atoms with Crippen LogP contribution >= 0.6 is 0 Å². The molecule has 1 fully saturated rings. The van der Waals surface area contributed by atoms with Crippen LogP contribution in [-0.4, -0.2) is 76.1 Å². The van der Waals surface area contributed by atoms with Gasteiger partial charge in [0.1, 0.15) is 24.4 Å². The Balaban J connectivity index is 2.03. The molecule has 0 aromatic heterocycles. The maximum absolute atomic E-state index is 13.1. The van der Waals surface area contributed by atoms with Crippen molar-refractivity contribution in [3.63, 3.8) is 0 Å². The number of allylic oxidation sites excluding steroid dienone is 1. The fourth-order valence-corrected chi connectivity index (χ4v) is 3.79. The lowest BCUT2D eigenvalue weighted by Gasteiger charge is -2.29. The van der Waals surface area contributed by atoms with E-state index < -0.39 is 36.4 Å². The molecule has 0 radical (unpaired) electrons. The van der Waals surface area contributed by atoms with E-state index in [4.69, 9.17) is 4.74 Å². The Kier molecular flexibility index (Phi) is 11.0. The second kappa shape index (κ2) is 13.4. The Labute approximate surface area is 196 Å². The predicted molar refractivity (Wildman–Crippen MR) is 125 cm³/mol. The summed E-state index contributed by atoms with van der Waals surface area (Å²) in [5.74, 6) is -0.696. The first-order chi connectivity index (χ1) is 15.8. The third-order valence-corrected chi connectivity index (χ3v) is 6.12. The predicted octanol–water partition coefficient (Wildman–Crippen LogP) is 1.38. The third kappa shape index (κ3) is 7.92. The lowest BCUT2D eigenvalue weighted by molar-refractivity contribution is -0.151. The number of hydrogen-bond acceptors (Lipinski definition) is 6. The highest BCUT2D eigenvalue weighted by Crippen LogP contribution is 2.17. The quantitative estimate of drug-likeness (QED) is 0.369. The van der Waals surface area contributed by atoms with E-state index in [-0.39, 0.29) is 11.8 Å². The minimum absolute atomic E-state index is 0.189. The summed E-state index contributed by atoms with van der Waals surface area (Å²) >= 11 is 0. The zero-order valence-electron chi connectivity index (χ0n) is 19.8. The van der Waals surface area contributed by atoms with Crippen LogP contribution in [0, 0.1) is 5.92 Å². The number of nitrogens with one attached hydrogen (secondary N) is 1. The Bertz CT molecular complexity index is 771. The van der Waals surface area contributed by atoms with Gasteiger partial charge in [-0.25, -0.2) is 0 Å². The summed E-state index contributed by atoms with van der Waals surface area (Å²) < 4.78 is 5.14. The van der Waals surface area contributed by atoms with Crippen molar-refractivity contribution in [3.8, 4) is 0 Å². The van der Waals surface area contributed by atoms with E-state index in [2.05, 4.69) is 5.32 Å². The minimum Gasteiger partial charge on any atom is -0.387 e. The molecule has 0 saturated carbocycles. The van der Waals surface area contributed by atoms with Crippen molar-refractivity contribution in [2.24, 2.45) is 5.92 Å². The molecule has 2 rings (SSSR count). The number of nitrogens with zero attached hydrogens (tertiary/aromatic N) is 1. The normalized spacial score (nSPS) is 21.8. The number of amides is 2. The fourth-order valence-electron chi connectivity index (χ4n) is 3.79. The standard InChI is InChI=1S/C25H38N2O6/c1-4-17(2)13-14-20(28)21(29)22(30)23(33-3)24(31)26-19-12-8-9-15-27(25(19)32)16-18-10-6-5-7-11-18/h5-7,10-11,13-14,17,19-23,28-30H,4,8-9,12,15-16H2,1-3H3,(H,26,31)/t17?,19?,20-,21+,22-,23-/m1/s1. The van der Waals surface area contributed by atoms with Crippen LogP contribution in [0.25, 0.3) is 0 Å². The molecule has 1 aromatic rings. The molecule has 33 heavy (non-hydrogen) atoms. The monoisotopic (exact) mass is 462 g/mol. The number of likely N-dealkylation sites (tertiary alicyclic amines) is 1. The first-order valence-corrected chi connectivity index (χ1v) is 11.7. The smallest absolute Gasteiger partial charge is 0.252 e. The zero-order chi connectivity index (χ0) is 24.4. The number of methoxy groups -OCH3 is 1. The van der Waals surface area contributed by atoms with Gasteiger partial charge >= 0.3 is 0 Å². The molecule has 1 aliphatic heterocycles. The van der Waals surface area contributed by atoms with Crippen LogP contribution in [0.3, 0.4) is 0 Å². The number of carbonyl (C=O) groups excluding carboxylic acids is 2. The minimum atomic E-state index is -1.67. The zero-order valence-corrected chi connectivity index (χ0v) is 19.8. The number of carbonyl (C=O) groups is 2. The van der Waals surface area contributed by atoms with Gasteiger partial charge in [-0.1, -0.05) is 62.8 Å². The van der Waals surface area contributed by atoms with Gasteiger partial charge in [0.05, 0.1) is 0 Å². The van der Waals surface area contributed by atoms with Crippen LogP contribution in [-0.2, 0) is 20.9 Å².